The molecule has 4 nitrogen and oxygen atoms in total. The Morgan fingerprint density at radius 1 is 1.10 bits per heavy atom. The van der Waals surface area contributed by atoms with Crippen LogP contribution in [-0.2, 0) is 0 Å². The Balaban J connectivity index is 1.63. The summed E-state index contributed by atoms with van der Waals surface area (Å²) in [6, 6.07) is 0. The van der Waals surface area contributed by atoms with Gasteiger partial charge in [-0.3, -0.25) is 4.99 Å². The second kappa shape index (κ2) is 8.62. The maximum absolute atomic E-state index is 4.48. The van der Waals surface area contributed by atoms with Gasteiger partial charge in [-0.2, -0.15) is 0 Å². The van der Waals surface area contributed by atoms with Gasteiger partial charge in [0.25, 0.3) is 0 Å². The molecule has 2 rings (SSSR count). The Bertz CT molecular complexity index is 313. The molecule has 2 fully saturated rings. The van der Waals surface area contributed by atoms with Gasteiger partial charge in [-0.25, -0.2) is 0 Å². The first-order chi connectivity index (χ1) is 10.2. The number of piperidine rings is 1. The van der Waals surface area contributed by atoms with Crippen LogP contribution in [0.25, 0.3) is 0 Å². The first-order valence-corrected chi connectivity index (χ1v) is 8.87. The summed E-state index contributed by atoms with van der Waals surface area (Å²) in [6.07, 6.45) is 6.70. The summed E-state index contributed by atoms with van der Waals surface area (Å²) in [5.74, 6) is 2.67. The van der Waals surface area contributed by atoms with Crippen LogP contribution in [0.1, 0.15) is 46.0 Å². The van der Waals surface area contributed by atoms with E-state index >= 15 is 0 Å². The van der Waals surface area contributed by atoms with Gasteiger partial charge in [0, 0.05) is 26.7 Å². The SMILES string of the molecule is CN=C(NCCCCN1CCCC1)N1CC(C)CC(C)C1. The molecule has 122 valence electrons. The van der Waals surface area contributed by atoms with Gasteiger partial charge < -0.3 is 15.1 Å². The second-order valence-electron chi connectivity index (χ2n) is 7.08. The largest absolute Gasteiger partial charge is 0.356 e. The van der Waals surface area contributed by atoms with E-state index in [1.165, 1.54) is 51.7 Å². The van der Waals surface area contributed by atoms with Gasteiger partial charge in [0.05, 0.1) is 0 Å². The van der Waals surface area contributed by atoms with Gasteiger partial charge in [0.15, 0.2) is 5.96 Å². The van der Waals surface area contributed by atoms with Gasteiger partial charge in [-0.1, -0.05) is 13.8 Å². The van der Waals surface area contributed by atoms with Gasteiger partial charge in [0.2, 0.25) is 0 Å². The summed E-state index contributed by atoms with van der Waals surface area (Å²) in [7, 11) is 1.91. The van der Waals surface area contributed by atoms with Crippen molar-refractivity contribution in [1.29, 1.82) is 0 Å². The molecule has 0 saturated carbocycles. The topological polar surface area (TPSA) is 30.9 Å². The second-order valence-corrected chi connectivity index (χ2v) is 7.08. The number of rotatable bonds is 5. The smallest absolute Gasteiger partial charge is 0.193 e. The third kappa shape index (κ3) is 5.50. The van der Waals surface area contributed by atoms with Crippen LogP contribution in [0.15, 0.2) is 4.99 Å². The van der Waals surface area contributed by atoms with Crippen molar-refractivity contribution in [3.8, 4) is 0 Å². The molecule has 2 unspecified atom stereocenters. The number of likely N-dealkylation sites (tertiary alicyclic amines) is 2. The van der Waals surface area contributed by atoms with Gasteiger partial charge in [-0.15, -0.1) is 0 Å². The molecule has 2 saturated heterocycles. The average molecular weight is 294 g/mol. The minimum absolute atomic E-state index is 0.780. The van der Waals surface area contributed by atoms with Crippen molar-refractivity contribution in [1.82, 2.24) is 15.1 Å². The van der Waals surface area contributed by atoms with E-state index in [1.807, 2.05) is 7.05 Å². The Hall–Kier alpha value is -0.770. The van der Waals surface area contributed by atoms with E-state index in [2.05, 4.69) is 34.0 Å². The summed E-state index contributed by atoms with van der Waals surface area (Å²) in [6.45, 7) is 12.0. The number of unbranched alkanes of at least 4 members (excludes halogenated alkanes) is 1. The molecule has 0 aromatic carbocycles. The minimum Gasteiger partial charge on any atom is -0.356 e. The van der Waals surface area contributed by atoms with Gasteiger partial charge >= 0.3 is 0 Å². The number of guanidine groups is 1. The van der Waals surface area contributed by atoms with Crippen molar-refractivity contribution in [2.45, 2.75) is 46.0 Å². The highest BCUT2D eigenvalue weighted by molar-refractivity contribution is 5.79. The molecule has 0 aliphatic carbocycles. The molecule has 4 heteroatoms. The lowest BCUT2D eigenvalue weighted by atomic mass is 9.92. The zero-order valence-electron chi connectivity index (χ0n) is 14.3. The number of hydrogen-bond donors (Lipinski definition) is 1. The van der Waals surface area contributed by atoms with E-state index in [4.69, 9.17) is 0 Å². The van der Waals surface area contributed by atoms with E-state index in [1.54, 1.807) is 0 Å². The van der Waals surface area contributed by atoms with Crippen molar-refractivity contribution in [3.63, 3.8) is 0 Å². The molecule has 2 heterocycles. The number of nitrogens with zero attached hydrogens (tertiary/aromatic N) is 3. The van der Waals surface area contributed by atoms with Crippen LogP contribution in [0.5, 0.6) is 0 Å². The normalized spacial score (nSPS) is 28.1. The molecule has 0 amide bonds. The zero-order chi connectivity index (χ0) is 15.1. The van der Waals surface area contributed by atoms with Gasteiger partial charge in [0.1, 0.15) is 0 Å². The quantitative estimate of drug-likeness (QED) is 0.480. The number of hydrogen-bond acceptors (Lipinski definition) is 2. The predicted octanol–water partition coefficient (Wildman–Crippen LogP) is 2.42. The van der Waals surface area contributed by atoms with Crippen LogP contribution < -0.4 is 5.32 Å². The summed E-state index contributed by atoms with van der Waals surface area (Å²) in [4.78, 5) is 9.52. The number of nitrogens with one attached hydrogen (secondary N) is 1. The van der Waals surface area contributed by atoms with Crippen molar-refractivity contribution < 1.29 is 0 Å². The van der Waals surface area contributed by atoms with Crippen LogP contribution in [0.4, 0.5) is 0 Å². The van der Waals surface area contributed by atoms with Crippen LogP contribution in [0.2, 0.25) is 0 Å². The third-order valence-corrected chi connectivity index (χ3v) is 4.76. The molecule has 0 spiro atoms. The van der Waals surface area contributed by atoms with Crippen molar-refractivity contribution in [3.05, 3.63) is 0 Å². The highest BCUT2D eigenvalue weighted by Crippen LogP contribution is 2.20. The summed E-state index contributed by atoms with van der Waals surface area (Å²) in [5.41, 5.74) is 0. The molecule has 1 N–H and O–H groups in total. The van der Waals surface area contributed by atoms with Gasteiger partial charge in [-0.05, 0) is 63.6 Å². The van der Waals surface area contributed by atoms with Crippen molar-refractivity contribution in [2.24, 2.45) is 16.8 Å². The van der Waals surface area contributed by atoms with Crippen LogP contribution in [0, 0.1) is 11.8 Å². The van der Waals surface area contributed by atoms with E-state index in [0.717, 1.165) is 37.4 Å². The fraction of sp³-hybridized carbons (Fsp3) is 0.941. The Morgan fingerprint density at radius 3 is 2.38 bits per heavy atom. The fourth-order valence-corrected chi connectivity index (χ4v) is 3.83. The number of aliphatic imine (C=N–C) groups is 1. The Labute approximate surface area is 131 Å². The zero-order valence-corrected chi connectivity index (χ0v) is 14.3. The van der Waals surface area contributed by atoms with Crippen LogP contribution in [-0.4, -0.2) is 62.1 Å². The minimum atomic E-state index is 0.780. The monoisotopic (exact) mass is 294 g/mol. The summed E-state index contributed by atoms with van der Waals surface area (Å²) in [5, 5.41) is 3.56. The standard InChI is InChI=1S/C17H34N4/c1-15-12-16(2)14-21(13-15)17(18-3)19-8-4-5-9-20-10-6-7-11-20/h15-16H,4-14H2,1-3H3,(H,18,19). The van der Waals surface area contributed by atoms with Crippen LogP contribution >= 0.6 is 0 Å². The first kappa shape index (κ1) is 16.6. The molecule has 2 aliphatic heterocycles. The molecule has 0 radical (unpaired) electrons. The highest BCUT2D eigenvalue weighted by Gasteiger charge is 2.23. The van der Waals surface area contributed by atoms with E-state index in [9.17, 15) is 0 Å². The first-order valence-electron chi connectivity index (χ1n) is 8.87. The van der Waals surface area contributed by atoms with E-state index in [-0.39, 0.29) is 0 Å². The third-order valence-electron chi connectivity index (χ3n) is 4.76. The molecule has 0 aromatic rings. The van der Waals surface area contributed by atoms with Crippen molar-refractivity contribution in [2.75, 3.05) is 46.3 Å². The summed E-state index contributed by atoms with van der Waals surface area (Å²) >= 11 is 0. The van der Waals surface area contributed by atoms with Crippen LogP contribution in [0.3, 0.4) is 0 Å². The van der Waals surface area contributed by atoms with E-state index in [0.29, 0.717) is 0 Å². The summed E-state index contributed by atoms with van der Waals surface area (Å²) < 4.78 is 0. The highest BCUT2D eigenvalue weighted by atomic mass is 15.3. The maximum atomic E-state index is 4.48. The average Bonchev–Trinajstić information content (AvgIpc) is 2.95. The molecule has 2 aliphatic rings. The molecule has 0 aromatic heterocycles. The predicted molar refractivity (Wildman–Crippen MR) is 90.8 cm³/mol. The Morgan fingerprint density at radius 2 is 1.76 bits per heavy atom. The molecule has 2 atom stereocenters. The van der Waals surface area contributed by atoms with E-state index < -0.39 is 0 Å². The molecular formula is C17H34N4. The lowest BCUT2D eigenvalue weighted by molar-refractivity contribution is 0.208. The lowest BCUT2D eigenvalue weighted by Crippen LogP contribution is -2.48. The molecule has 21 heavy (non-hydrogen) atoms. The fourth-order valence-electron chi connectivity index (χ4n) is 3.83. The lowest BCUT2D eigenvalue weighted by Gasteiger charge is -2.37. The molecular weight excluding hydrogens is 260 g/mol. The maximum Gasteiger partial charge on any atom is 0.193 e. The Kier molecular flexibility index (Phi) is 6.81. The molecule has 0 bridgehead atoms. The van der Waals surface area contributed by atoms with Crippen molar-refractivity contribution >= 4 is 5.96 Å².